The van der Waals surface area contributed by atoms with Crippen LogP contribution in [0, 0.1) is 0 Å². The van der Waals surface area contributed by atoms with E-state index in [4.69, 9.17) is 13.9 Å². The summed E-state index contributed by atoms with van der Waals surface area (Å²) >= 11 is 0. The SMILES string of the molecule is COc1ccc(CCNC(=O)CCc2nnc(-c3cccc(OC)c3)o2)cc1. The third-order valence-electron chi connectivity index (χ3n) is 4.24. The fraction of sp³-hybridized carbons (Fsp3) is 0.286. The molecule has 3 aromatic rings. The van der Waals surface area contributed by atoms with Crippen LogP contribution in [0.25, 0.3) is 11.5 Å². The van der Waals surface area contributed by atoms with Crippen LogP contribution in [0.5, 0.6) is 11.5 Å². The Labute approximate surface area is 163 Å². The van der Waals surface area contributed by atoms with Gasteiger partial charge in [-0.1, -0.05) is 18.2 Å². The molecule has 1 aromatic heterocycles. The van der Waals surface area contributed by atoms with Crippen molar-refractivity contribution in [1.82, 2.24) is 15.5 Å². The van der Waals surface area contributed by atoms with Crippen molar-refractivity contribution in [3.05, 3.63) is 60.0 Å². The second-order valence-electron chi connectivity index (χ2n) is 6.18. The summed E-state index contributed by atoms with van der Waals surface area (Å²) in [5, 5.41) is 11.0. The van der Waals surface area contributed by atoms with E-state index < -0.39 is 0 Å². The van der Waals surface area contributed by atoms with E-state index >= 15 is 0 Å². The Morgan fingerprint density at radius 3 is 2.54 bits per heavy atom. The molecule has 0 atom stereocenters. The van der Waals surface area contributed by atoms with E-state index in [-0.39, 0.29) is 5.91 Å². The highest BCUT2D eigenvalue weighted by molar-refractivity contribution is 5.76. The molecule has 28 heavy (non-hydrogen) atoms. The molecule has 0 radical (unpaired) electrons. The van der Waals surface area contributed by atoms with Gasteiger partial charge in [0, 0.05) is 24.9 Å². The first-order valence-corrected chi connectivity index (χ1v) is 9.04. The number of carbonyl (C=O) groups is 1. The van der Waals surface area contributed by atoms with Gasteiger partial charge in [0.05, 0.1) is 14.2 Å². The molecule has 7 nitrogen and oxygen atoms in total. The van der Waals surface area contributed by atoms with Crippen LogP contribution in [0.15, 0.2) is 52.9 Å². The number of amides is 1. The molecule has 1 heterocycles. The number of rotatable bonds is 9. The Kier molecular flexibility index (Phi) is 6.62. The zero-order valence-electron chi connectivity index (χ0n) is 16.0. The Bertz CT molecular complexity index is 906. The normalized spacial score (nSPS) is 10.5. The molecule has 0 aliphatic carbocycles. The third-order valence-corrected chi connectivity index (χ3v) is 4.24. The lowest BCUT2D eigenvalue weighted by Crippen LogP contribution is -2.25. The second-order valence-corrected chi connectivity index (χ2v) is 6.18. The van der Waals surface area contributed by atoms with Crippen molar-refractivity contribution >= 4 is 5.91 Å². The van der Waals surface area contributed by atoms with E-state index in [9.17, 15) is 4.79 Å². The first-order valence-electron chi connectivity index (χ1n) is 9.04. The predicted molar refractivity (Wildman–Crippen MR) is 104 cm³/mol. The highest BCUT2D eigenvalue weighted by Crippen LogP contribution is 2.22. The summed E-state index contributed by atoms with van der Waals surface area (Å²) in [5.41, 5.74) is 1.92. The summed E-state index contributed by atoms with van der Waals surface area (Å²) in [6.07, 6.45) is 1.45. The molecule has 0 unspecified atom stereocenters. The van der Waals surface area contributed by atoms with Crippen molar-refractivity contribution in [2.24, 2.45) is 0 Å². The van der Waals surface area contributed by atoms with Gasteiger partial charge in [0.1, 0.15) is 11.5 Å². The first kappa shape index (κ1) is 19.4. The third kappa shape index (κ3) is 5.33. The molecule has 0 saturated carbocycles. The van der Waals surface area contributed by atoms with Crippen LogP contribution in [0.2, 0.25) is 0 Å². The van der Waals surface area contributed by atoms with Crippen LogP contribution in [0.1, 0.15) is 17.9 Å². The molecule has 146 valence electrons. The van der Waals surface area contributed by atoms with E-state index in [0.717, 1.165) is 23.3 Å². The Morgan fingerprint density at radius 2 is 1.79 bits per heavy atom. The molecule has 0 fully saturated rings. The van der Waals surface area contributed by atoms with Crippen LogP contribution in [-0.2, 0) is 17.6 Å². The van der Waals surface area contributed by atoms with Crippen LogP contribution in [0.4, 0.5) is 0 Å². The number of aromatic nitrogens is 2. The molecule has 3 rings (SSSR count). The summed E-state index contributed by atoms with van der Waals surface area (Å²) in [5.74, 6) is 2.33. The van der Waals surface area contributed by atoms with Gasteiger partial charge in [-0.15, -0.1) is 10.2 Å². The Balaban J connectivity index is 1.43. The van der Waals surface area contributed by atoms with E-state index in [2.05, 4.69) is 15.5 Å². The second kappa shape index (κ2) is 9.55. The molecule has 0 bridgehead atoms. The molecular weight excluding hydrogens is 358 g/mol. The minimum Gasteiger partial charge on any atom is -0.497 e. The average Bonchev–Trinajstić information content (AvgIpc) is 3.22. The van der Waals surface area contributed by atoms with Gasteiger partial charge < -0.3 is 19.2 Å². The van der Waals surface area contributed by atoms with Crippen molar-refractivity contribution in [2.75, 3.05) is 20.8 Å². The molecule has 0 saturated heterocycles. The van der Waals surface area contributed by atoms with Gasteiger partial charge in [-0.05, 0) is 42.3 Å². The maximum Gasteiger partial charge on any atom is 0.247 e. The summed E-state index contributed by atoms with van der Waals surface area (Å²) in [6, 6.07) is 15.2. The zero-order chi connectivity index (χ0) is 19.8. The lowest BCUT2D eigenvalue weighted by Gasteiger charge is -2.05. The van der Waals surface area contributed by atoms with E-state index in [1.165, 1.54) is 0 Å². The van der Waals surface area contributed by atoms with Crippen molar-refractivity contribution in [3.63, 3.8) is 0 Å². The smallest absolute Gasteiger partial charge is 0.247 e. The number of nitrogens with zero attached hydrogens (tertiary/aromatic N) is 2. The van der Waals surface area contributed by atoms with Gasteiger partial charge in [0.15, 0.2) is 0 Å². The van der Waals surface area contributed by atoms with Gasteiger partial charge in [-0.3, -0.25) is 4.79 Å². The molecule has 7 heteroatoms. The Morgan fingerprint density at radius 1 is 1.00 bits per heavy atom. The lowest BCUT2D eigenvalue weighted by molar-refractivity contribution is -0.121. The fourth-order valence-electron chi connectivity index (χ4n) is 2.67. The number of ether oxygens (including phenoxy) is 2. The number of nitrogens with one attached hydrogen (secondary N) is 1. The van der Waals surface area contributed by atoms with Gasteiger partial charge in [-0.2, -0.15) is 0 Å². The summed E-state index contributed by atoms with van der Waals surface area (Å²) in [6.45, 7) is 0.573. The topological polar surface area (TPSA) is 86.5 Å². The summed E-state index contributed by atoms with van der Waals surface area (Å²) in [7, 11) is 3.24. The molecule has 0 aliphatic heterocycles. The van der Waals surface area contributed by atoms with Crippen LogP contribution >= 0.6 is 0 Å². The van der Waals surface area contributed by atoms with Crippen molar-refractivity contribution in [3.8, 4) is 23.0 Å². The van der Waals surface area contributed by atoms with Crippen LogP contribution < -0.4 is 14.8 Å². The number of hydrogen-bond acceptors (Lipinski definition) is 6. The summed E-state index contributed by atoms with van der Waals surface area (Å²) in [4.78, 5) is 12.0. The minimum atomic E-state index is -0.0466. The van der Waals surface area contributed by atoms with Crippen molar-refractivity contribution < 1.29 is 18.7 Å². The molecule has 1 amide bonds. The molecule has 0 spiro atoms. The Hall–Kier alpha value is -3.35. The highest BCUT2D eigenvalue weighted by atomic mass is 16.5. The largest absolute Gasteiger partial charge is 0.497 e. The van der Waals surface area contributed by atoms with Crippen LogP contribution in [-0.4, -0.2) is 36.9 Å². The maximum absolute atomic E-state index is 12.0. The predicted octanol–water partition coefficient (Wildman–Crippen LogP) is 3.05. The number of aryl methyl sites for hydroxylation is 1. The van der Waals surface area contributed by atoms with E-state index in [1.807, 2.05) is 48.5 Å². The van der Waals surface area contributed by atoms with E-state index in [0.29, 0.717) is 36.9 Å². The van der Waals surface area contributed by atoms with Gasteiger partial charge >= 0.3 is 0 Å². The minimum absolute atomic E-state index is 0.0466. The van der Waals surface area contributed by atoms with Gasteiger partial charge in [0.2, 0.25) is 17.7 Å². The average molecular weight is 381 g/mol. The van der Waals surface area contributed by atoms with Crippen LogP contribution in [0.3, 0.4) is 0 Å². The quantitative estimate of drug-likeness (QED) is 0.613. The fourth-order valence-corrected chi connectivity index (χ4v) is 2.67. The highest BCUT2D eigenvalue weighted by Gasteiger charge is 2.11. The van der Waals surface area contributed by atoms with Crippen molar-refractivity contribution in [1.29, 1.82) is 0 Å². The lowest BCUT2D eigenvalue weighted by atomic mass is 10.1. The molecular formula is C21H23N3O4. The van der Waals surface area contributed by atoms with Crippen molar-refractivity contribution in [2.45, 2.75) is 19.3 Å². The molecule has 2 aromatic carbocycles. The maximum atomic E-state index is 12.0. The van der Waals surface area contributed by atoms with E-state index in [1.54, 1.807) is 14.2 Å². The van der Waals surface area contributed by atoms with Gasteiger partial charge in [0.25, 0.3) is 0 Å². The number of hydrogen-bond donors (Lipinski definition) is 1. The first-order chi connectivity index (χ1) is 13.7. The molecule has 1 N–H and O–H groups in total. The number of methoxy groups -OCH3 is 2. The number of benzene rings is 2. The number of carbonyl (C=O) groups excluding carboxylic acids is 1. The molecule has 0 aliphatic rings. The standard InChI is InChI=1S/C21H23N3O4/c1-26-17-8-6-15(7-9-17)12-13-22-19(25)10-11-20-23-24-21(28-20)16-4-3-5-18(14-16)27-2/h3-9,14H,10-13H2,1-2H3,(H,22,25). The summed E-state index contributed by atoms with van der Waals surface area (Å²) < 4.78 is 16.0. The monoisotopic (exact) mass is 381 g/mol. The zero-order valence-corrected chi connectivity index (χ0v) is 16.0. The van der Waals surface area contributed by atoms with Gasteiger partial charge in [-0.25, -0.2) is 0 Å².